The molecule has 0 aromatic rings. The van der Waals surface area contributed by atoms with Crippen molar-refractivity contribution in [3.05, 3.63) is 11.9 Å². The zero-order chi connectivity index (χ0) is 13.6. The molecule has 0 saturated heterocycles. The second kappa shape index (κ2) is 7.22. The highest BCUT2D eigenvalue weighted by Crippen LogP contribution is 2.50. The highest BCUT2D eigenvalue weighted by Gasteiger charge is 2.27. The molecule has 0 aromatic heterocycles. The van der Waals surface area contributed by atoms with Crippen molar-refractivity contribution >= 4 is 13.4 Å². The van der Waals surface area contributed by atoms with Crippen LogP contribution in [0.3, 0.4) is 0 Å². The van der Waals surface area contributed by atoms with Crippen molar-refractivity contribution in [2.24, 2.45) is 11.8 Å². The number of carbonyl (C=O) groups excluding carboxylic acids is 1. The van der Waals surface area contributed by atoms with E-state index >= 15 is 0 Å². The number of ketones is 1. The molecule has 1 aliphatic rings. The monoisotopic (exact) mass is 274 g/mol. The Morgan fingerprint density at radius 2 is 2.00 bits per heavy atom. The van der Waals surface area contributed by atoms with Crippen molar-refractivity contribution in [2.45, 2.75) is 40.0 Å². The van der Waals surface area contributed by atoms with Crippen molar-refractivity contribution in [1.29, 1.82) is 0 Å². The quantitative estimate of drug-likeness (QED) is 0.663. The van der Waals surface area contributed by atoms with Gasteiger partial charge in [0.25, 0.3) is 0 Å². The van der Waals surface area contributed by atoms with Crippen molar-refractivity contribution < 1.29 is 18.4 Å². The van der Waals surface area contributed by atoms with Gasteiger partial charge in [-0.2, -0.15) is 0 Å². The Bertz CT molecular complexity index is 341. The summed E-state index contributed by atoms with van der Waals surface area (Å²) >= 11 is 0. The fraction of sp³-hybridized carbons (Fsp3) is 0.769. The second-order valence-electron chi connectivity index (χ2n) is 4.62. The van der Waals surface area contributed by atoms with Crippen LogP contribution in [0.15, 0.2) is 11.9 Å². The third-order valence-electron chi connectivity index (χ3n) is 3.22. The van der Waals surface area contributed by atoms with Gasteiger partial charge in [-0.25, -0.2) is 0 Å². The smallest absolute Gasteiger partial charge is 0.306 e. The second-order valence-corrected chi connectivity index (χ2v) is 6.51. The molecule has 1 rings (SSSR count). The van der Waals surface area contributed by atoms with Crippen LogP contribution in [0.25, 0.3) is 0 Å². The molecule has 2 unspecified atom stereocenters. The van der Waals surface area contributed by atoms with Crippen LogP contribution in [0.2, 0.25) is 0 Å². The van der Waals surface area contributed by atoms with Crippen molar-refractivity contribution in [2.75, 3.05) is 13.2 Å². The lowest BCUT2D eigenvalue weighted by molar-refractivity contribution is -0.117. The normalized spacial score (nSPS) is 22.8. The van der Waals surface area contributed by atoms with Gasteiger partial charge in [-0.05, 0) is 32.1 Å². The third-order valence-corrected chi connectivity index (χ3v) is 4.99. The van der Waals surface area contributed by atoms with Crippen molar-refractivity contribution in [3.63, 3.8) is 0 Å². The van der Waals surface area contributed by atoms with E-state index in [1.54, 1.807) is 19.7 Å². The van der Waals surface area contributed by atoms with Crippen LogP contribution in [0.1, 0.15) is 40.0 Å². The van der Waals surface area contributed by atoms with Gasteiger partial charge in [-0.1, -0.05) is 13.0 Å². The lowest BCUT2D eigenvalue weighted by Gasteiger charge is -2.16. The maximum Gasteiger partial charge on any atom is 0.353 e. The van der Waals surface area contributed by atoms with Gasteiger partial charge in [-0.3, -0.25) is 9.36 Å². The first-order valence-electron chi connectivity index (χ1n) is 6.60. The molecule has 4 nitrogen and oxygen atoms in total. The van der Waals surface area contributed by atoms with Crippen LogP contribution in [0, 0.1) is 11.8 Å². The minimum atomic E-state index is -3.09. The third kappa shape index (κ3) is 4.68. The molecule has 0 spiro atoms. The molecule has 0 heterocycles. The van der Waals surface area contributed by atoms with Gasteiger partial charge in [-0.15, -0.1) is 0 Å². The summed E-state index contributed by atoms with van der Waals surface area (Å²) in [6, 6.07) is 0. The first kappa shape index (κ1) is 15.6. The topological polar surface area (TPSA) is 52.6 Å². The van der Waals surface area contributed by atoms with Crippen molar-refractivity contribution in [3.8, 4) is 0 Å². The number of allylic oxidation sites excluding steroid dienone is 1. The predicted molar refractivity (Wildman–Crippen MR) is 71.5 cm³/mol. The molecule has 104 valence electrons. The van der Waals surface area contributed by atoms with E-state index in [1.165, 1.54) is 0 Å². The Hall–Kier alpha value is -0.440. The summed E-state index contributed by atoms with van der Waals surface area (Å²) in [5.41, 5.74) is 0. The van der Waals surface area contributed by atoms with E-state index < -0.39 is 7.60 Å². The van der Waals surface area contributed by atoms with E-state index in [9.17, 15) is 9.36 Å². The molecule has 5 heteroatoms. The van der Waals surface area contributed by atoms with Gasteiger partial charge >= 0.3 is 7.60 Å². The van der Waals surface area contributed by atoms with E-state index in [0.29, 0.717) is 37.8 Å². The van der Waals surface area contributed by atoms with E-state index in [2.05, 4.69) is 0 Å². The number of rotatable bonds is 7. The number of hydrogen-bond donors (Lipinski definition) is 0. The molecule has 0 radical (unpaired) electrons. The molecule has 0 aromatic carbocycles. The van der Waals surface area contributed by atoms with Crippen LogP contribution in [-0.4, -0.2) is 19.0 Å². The lowest BCUT2D eigenvalue weighted by atomic mass is 9.93. The molecular formula is C13H23O4P. The van der Waals surface area contributed by atoms with E-state index in [0.717, 1.165) is 6.42 Å². The molecular weight excluding hydrogens is 251 g/mol. The summed E-state index contributed by atoms with van der Waals surface area (Å²) in [6.45, 7) is 6.34. The molecule has 1 fully saturated rings. The Morgan fingerprint density at radius 3 is 2.44 bits per heavy atom. The van der Waals surface area contributed by atoms with Crippen LogP contribution < -0.4 is 0 Å². The molecule has 0 bridgehead atoms. The molecule has 2 atom stereocenters. The van der Waals surface area contributed by atoms with Crippen LogP contribution >= 0.6 is 7.60 Å². The van der Waals surface area contributed by atoms with Crippen molar-refractivity contribution in [1.82, 2.24) is 0 Å². The number of carbonyl (C=O) groups is 1. The maximum absolute atomic E-state index is 12.2. The van der Waals surface area contributed by atoms with Gasteiger partial charge in [0.1, 0.15) is 5.78 Å². The molecule has 0 amide bonds. The molecule has 18 heavy (non-hydrogen) atoms. The van der Waals surface area contributed by atoms with Gasteiger partial charge in [0.05, 0.1) is 13.2 Å². The summed E-state index contributed by atoms with van der Waals surface area (Å²) in [4.78, 5) is 11.2. The zero-order valence-electron chi connectivity index (χ0n) is 11.4. The fourth-order valence-electron chi connectivity index (χ4n) is 2.17. The Balaban J connectivity index is 2.59. The molecule has 0 N–H and O–H groups in total. The summed E-state index contributed by atoms with van der Waals surface area (Å²) in [7, 11) is -3.09. The summed E-state index contributed by atoms with van der Waals surface area (Å²) < 4.78 is 22.6. The van der Waals surface area contributed by atoms with Gasteiger partial charge in [0.15, 0.2) is 0 Å². The highest BCUT2D eigenvalue weighted by molar-refractivity contribution is 7.57. The van der Waals surface area contributed by atoms with Crippen LogP contribution in [-0.2, 0) is 18.4 Å². The Labute approximate surface area is 109 Å². The summed E-state index contributed by atoms with van der Waals surface area (Å²) in [5.74, 6) is 2.47. The van der Waals surface area contributed by atoms with E-state index in [1.807, 2.05) is 13.0 Å². The minimum absolute atomic E-state index is 0.227. The highest BCUT2D eigenvalue weighted by atomic mass is 31.2. The average Bonchev–Trinajstić information content (AvgIpc) is 2.74. The lowest BCUT2D eigenvalue weighted by Crippen LogP contribution is -2.05. The standard InChI is InChI=1S/C13H23O4P/c1-4-16-18(15,17-5-2)9-8-11(3)12-6-7-13(14)10-12/h8-9,11-12H,4-7,10H2,1-3H3/b9-8+. The molecule has 1 aliphatic carbocycles. The first-order valence-corrected chi connectivity index (χ1v) is 8.21. The van der Waals surface area contributed by atoms with E-state index in [-0.39, 0.29) is 5.92 Å². The van der Waals surface area contributed by atoms with Crippen LogP contribution in [0.4, 0.5) is 0 Å². The minimum Gasteiger partial charge on any atom is -0.306 e. The SMILES string of the molecule is CCOP(=O)(/C=C/C(C)C1CCC(=O)C1)OCC. The van der Waals surface area contributed by atoms with E-state index in [4.69, 9.17) is 9.05 Å². The zero-order valence-corrected chi connectivity index (χ0v) is 12.3. The summed E-state index contributed by atoms with van der Waals surface area (Å²) in [6.07, 6.45) is 4.11. The Morgan fingerprint density at radius 1 is 1.39 bits per heavy atom. The Kier molecular flexibility index (Phi) is 6.27. The average molecular weight is 274 g/mol. The predicted octanol–water partition coefficient (Wildman–Crippen LogP) is 3.77. The van der Waals surface area contributed by atoms with Gasteiger partial charge in [0.2, 0.25) is 0 Å². The van der Waals surface area contributed by atoms with Gasteiger partial charge < -0.3 is 9.05 Å². The maximum atomic E-state index is 12.2. The number of Topliss-reactive ketones (excluding diaryl/α,β-unsaturated/α-hetero) is 1. The first-order chi connectivity index (χ1) is 8.50. The van der Waals surface area contributed by atoms with Gasteiger partial charge in [0, 0.05) is 18.7 Å². The largest absolute Gasteiger partial charge is 0.353 e. The summed E-state index contributed by atoms with van der Waals surface area (Å²) in [5, 5.41) is 0. The molecule has 1 saturated carbocycles. The fourth-order valence-corrected chi connectivity index (χ4v) is 3.62. The van der Waals surface area contributed by atoms with Crippen LogP contribution in [0.5, 0.6) is 0 Å². The molecule has 0 aliphatic heterocycles. The number of hydrogen-bond acceptors (Lipinski definition) is 4.